The summed E-state index contributed by atoms with van der Waals surface area (Å²) in [4.78, 5) is 8.59. The van der Waals surface area contributed by atoms with Crippen molar-refractivity contribution in [3.8, 4) is 0 Å². The molecule has 0 unspecified atom stereocenters. The molecule has 1 N–H and O–H groups in total. The standard InChI is InChI=1S/C9H15N3S/c1-7-6-11-8(2)9(12-7)10-4-5-13-3/h6H,4-5H2,1-3H3,(H,10,12). The molecule has 0 radical (unpaired) electrons. The van der Waals surface area contributed by atoms with E-state index in [1.807, 2.05) is 25.6 Å². The molecule has 0 saturated carbocycles. The molecule has 0 aliphatic carbocycles. The molecule has 0 fully saturated rings. The van der Waals surface area contributed by atoms with Crippen molar-refractivity contribution in [1.29, 1.82) is 0 Å². The van der Waals surface area contributed by atoms with Crippen molar-refractivity contribution in [2.45, 2.75) is 13.8 Å². The topological polar surface area (TPSA) is 37.8 Å². The second kappa shape index (κ2) is 5.07. The first kappa shape index (κ1) is 10.3. The highest BCUT2D eigenvalue weighted by molar-refractivity contribution is 7.98. The van der Waals surface area contributed by atoms with E-state index < -0.39 is 0 Å². The lowest BCUT2D eigenvalue weighted by Gasteiger charge is -2.07. The molecule has 4 heteroatoms. The minimum absolute atomic E-state index is 0.911. The first-order chi connectivity index (χ1) is 6.24. The number of aryl methyl sites for hydroxylation is 2. The normalized spacial score (nSPS) is 10.1. The van der Waals surface area contributed by atoms with Gasteiger partial charge in [0.25, 0.3) is 0 Å². The van der Waals surface area contributed by atoms with Crippen LogP contribution in [0.4, 0.5) is 5.82 Å². The molecule has 0 aromatic carbocycles. The van der Waals surface area contributed by atoms with E-state index in [1.54, 1.807) is 6.20 Å². The first-order valence-electron chi connectivity index (χ1n) is 4.27. The average molecular weight is 197 g/mol. The number of hydrogen-bond acceptors (Lipinski definition) is 4. The summed E-state index contributed by atoms with van der Waals surface area (Å²) < 4.78 is 0. The van der Waals surface area contributed by atoms with E-state index in [0.717, 1.165) is 29.5 Å². The smallest absolute Gasteiger partial charge is 0.147 e. The van der Waals surface area contributed by atoms with Gasteiger partial charge in [0.1, 0.15) is 5.82 Å². The van der Waals surface area contributed by atoms with Crippen LogP contribution >= 0.6 is 11.8 Å². The van der Waals surface area contributed by atoms with Crippen LogP contribution in [0.5, 0.6) is 0 Å². The summed E-state index contributed by atoms with van der Waals surface area (Å²) >= 11 is 1.82. The highest BCUT2D eigenvalue weighted by Gasteiger charge is 1.99. The summed E-state index contributed by atoms with van der Waals surface area (Å²) in [6.45, 7) is 4.86. The molecule has 72 valence electrons. The minimum atomic E-state index is 0.911. The third kappa shape index (κ3) is 3.22. The summed E-state index contributed by atoms with van der Waals surface area (Å²) in [5, 5.41) is 3.26. The number of anilines is 1. The first-order valence-corrected chi connectivity index (χ1v) is 5.66. The van der Waals surface area contributed by atoms with Crippen LogP contribution in [0.25, 0.3) is 0 Å². The average Bonchev–Trinajstić information content (AvgIpc) is 2.11. The van der Waals surface area contributed by atoms with Crippen LogP contribution in [-0.2, 0) is 0 Å². The van der Waals surface area contributed by atoms with E-state index in [1.165, 1.54) is 0 Å². The van der Waals surface area contributed by atoms with Gasteiger partial charge in [-0.2, -0.15) is 11.8 Å². The number of thioether (sulfide) groups is 1. The van der Waals surface area contributed by atoms with Crippen molar-refractivity contribution in [3.63, 3.8) is 0 Å². The van der Waals surface area contributed by atoms with E-state index >= 15 is 0 Å². The monoisotopic (exact) mass is 197 g/mol. The Labute approximate surface area is 83.4 Å². The number of hydrogen-bond donors (Lipinski definition) is 1. The predicted molar refractivity (Wildman–Crippen MR) is 58.4 cm³/mol. The minimum Gasteiger partial charge on any atom is -0.368 e. The van der Waals surface area contributed by atoms with Gasteiger partial charge in [-0.25, -0.2) is 4.98 Å². The van der Waals surface area contributed by atoms with Crippen LogP contribution in [0, 0.1) is 13.8 Å². The van der Waals surface area contributed by atoms with E-state index in [9.17, 15) is 0 Å². The Morgan fingerprint density at radius 2 is 2.23 bits per heavy atom. The molecule has 13 heavy (non-hydrogen) atoms. The quantitative estimate of drug-likeness (QED) is 0.748. The summed E-state index contributed by atoms with van der Waals surface area (Å²) in [5.74, 6) is 2.00. The van der Waals surface area contributed by atoms with Crippen LogP contribution in [0.3, 0.4) is 0 Å². The molecule has 0 saturated heterocycles. The highest BCUT2D eigenvalue weighted by Crippen LogP contribution is 2.08. The molecule has 1 heterocycles. The Balaban J connectivity index is 2.59. The van der Waals surface area contributed by atoms with Gasteiger partial charge in [0.05, 0.1) is 11.4 Å². The zero-order valence-corrected chi connectivity index (χ0v) is 9.11. The maximum atomic E-state index is 4.36. The van der Waals surface area contributed by atoms with Crippen LogP contribution in [0.15, 0.2) is 6.20 Å². The molecule has 1 rings (SSSR count). The van der Waals surface area contributed by atoms with Gasteiger partial charge < -0.3 is 5.32 Å². The number of aromatic nitrogens is 2. The molecule has 0 atom stereocenters. The second-order valence-electron chi connectivity index (χ2n) is 2.86. The Kier molecular flexibility index (Phi) is 4.02. The molecule has 3 nitrogen and oxygen atoms in total. The SMILES string of the molecule is CSCCNc1nc(C)cnc1C. The zero-order chi connectivity index (χ0) is 9.68. The van der Waals surface area contributed by atoms with Crippen molar-refractivity contribution < 1.29 is 0 Å². The third-order valence-electron chi connectivity index (χ3n) is 1.67. The Bertz CT molecular complexity index is 276. The van der Waals surface area contributed by atoms with Crippen molar-refractivity contribution in [2.24, 2.45) is 0 Å². The Morgan fingerprint density at radius 1 is 1.46 bits per heavy atom. The number of rotatable bonds is 4. The van der Waals surface area contributed by atoms with Crippen molar-refractivity contribution in [2.75, 3.05) is 23.9 Å². The molecule has 0 spiro atoms. The van der Waals surface area contributed by atoms with E-state index in [-0.39, 0.29) is 0 Å². The molecule has 1 aromatic rings. The summed E-state index contributed by atoms with van der Waals surface area (Å²) in [6, 6.07) is 0. The van der Waals surface area contributed by atoms with Gasteiger partial charge in [-0.15, -0.1) is 0 Å². The largest absolute Gasteiger partial charge is 0.368 e. The summed E-state index contributed by atoms with van der Waals surface area (Å²) in [7, 11) is 0. The lowest BCUT2D eigenvalue weighted by Crippen LogP contribution is -2.08. The number of nitrogens with zero attached hydrogens (tertiary/aromatic N) is 2. The highest BCUT2D eigenvalue weighted by atomic mass is 32.2. The zero-order valence-electron chi connectivity index (χ0n) is 8.29. The number of nitrogens with one attached hydrogen (secondary N) is 1. The van der Waals surface area contributed by atoms with E-state index in [2.05, 4.69) is 21.5 Å². The summed E-state index contributed by atoms with van der Waals surface area (Å²) in [5.41, 5.74) is 1.92. The molecule has 0 aliphatic heterocycles. The van der Waals surface area contributed by atoms with Gasteiger partial charge in [-0.1, -0.05) is 0 Å². The fraction of sp³-hybridized carbons (Fsp3) is 0.556. The van der Waals surface area contributed by atoms with Crippen molar-refractivity contribution >= 4 is 17.6 Å². The van der Waals surface area contributed by atoms with Crippen LogP contribution in [-0.4, -0.2) is 28.5 Å². The molecule has 0 amide bonds. The van der Waals surface area contributed by atoms with E-state index in [4.69, 9.17) is 0 Å². The van der Waals surface area contributed by atoms with Crippen molar-refractivity contribution in [3.05, 3.63) is 17.6 Å². The molecular formula is C9H15N3S. The van der Waals surface area contributed by atoms with Crippen molar-refractivity contribution in [1.82, 2.24) is 9.97 Å². The Hall–Kier alpha value is -0.770. The maximum absolute atomic E-state index is 4.36. The Morgan fingerprint density at radius 3 is 2.92 bits per heavy atom. The van der Waals surface area contributed by atoms with Gasteiger partial charge in [0.15, 0.2) is 0 Å². The molecular weight excluding hydrogens is 182 g/mol. The van der Waals surface area contributed by atoms with Gasteiger partial charge in [0.2, 0.25) is 0 Å². The van der Waals surface area contributed by atoms with Gasteiger partial charge >= 0.3 is 0 Å². The van der Waals surface area contributed by atoms with Crippen LogP contribution < -0.4 is 5.32 Å². The van der Waals surface area contributed by atoms with Gasteiger partial charge in [-0.3, -0.25) is 4.98 Å². The van der Waals surface area contributed by atoms with Gasteiger partial charge in [-0.05, 0) is 20.1 Å². The fourth-order valence-corrected chi connectivity index (χ4v) is 1.28. The summed E-state index contributed by atoms with van der Waals surface area (Å²) in [6.07, 6.45) is 3.88. The third-order valence-corrected chi connectivity index (χ3v) is 2.29. The lowest BCUT2D eigenvalue weighted by atomic mass is 10.4. The maximum Gasteiger partial charge on any atom is 0.147 e. The van der Waals surface area contributed by atoms with Crippen LogP contribution in [0.2, 0.25) is 0 Å². The predicted octanol–water partition coefficient (Wildman–Crippen LogP) is 1.87. The van der Waals surface area contributed by atoms with E-state index in [0.29, 0.717) is 0 Å². The lowest BCUT2D eigenvalue weighted by molar-refractivity contribution is 1.04. The second-order valence-corrected chi connectivity index (χ2v) is 3.85. The molecule has 0 bridgehead atoms. The molecule has 0 aliphatic rings. The fourth-order valence-electron chi connectivity index (χ4n) is 0.976. The van der Waals surface area contributed by atoms with Gasteiger partial charge in [0, 0.05) is 18.5 Å². The molecule has 1 aromatic heterocycles. The van der Waals surface area contributed by atoms with Crippen LogP contribution in [0.1, 0.15) is 11.4 Å².